The predicted molar refractivity (Wildman–Crippen MR) is 56.0 cm³/mol. The summed E-state index contributed by atoms with van der Waals surface area (Å²) in [5.41, 5.74) is 0. The maximum atomic E-state index is 11.9. The van der Waals surface area contributed by atoms with Crippen molar-refractivity contribution in [3.05, 3.63) is 24.8 Å². The highest BCUT2D eigenvalue weighted by Gasteiger charge is 2.52. The summed E-state index contributed by atoms with van der Waals surface area (Å²) in [5.74, 6) is -0.0580. The first-order valence-electron chi connectivity index (χ1n) is 4.50. The molecule has 0 radical (unpaired) electrons. The summed E-state index contributed by atoms with van der Waals surface area (Å²) in [4.78, 5) is 24.7. The first kappa shape index (κ1) is 9.52. The molecule has 2 amide bonds. The maximum absolute atomic E-state index is 11.9. The molecule has 3 nitrogen and oxygen atoms in total. The topological polar surface area (TPSA) is 37.4 Å². The highest BCUT2D eigenvalue weighted by atomic mass is 32.2. The molecule has 0 aromatic heterocycles. The van der Waals surface area contributed by atoms with E-state index in [0.29, 0.717) is 19.4 Å². The lowest BCUT2D eigenvalue weighted by Gasteiger charge is -2.18. The van der Waals surface area contributed by atoms with Crippen LogP contribution in [0.5, 0.6) is 0 Å². The van der Waals surface area contributed by atoms with Gasteiger partial charge in [-0.15, -0.1) is 6.58 Å². The van der Waals surface area contributed by atoms with Crippen LogP contribution in [-0.2, 0) is 4.79 Å². The molecule has 0 aromatic rings. The van der Waals surface area contributed by atoms with Crippen molar-refractivity contribution < 1.29 is 9.59 Å². The molecular weight excluding hydrogens is 198 g/mol. The summed E-state index contributed by atoms with van der Waals surface area (Å²) in [6.07, 6.45) is 6.87. The fourth-order valence-electron chi connectivity index (χ4n) is 1.77. The summed E-state index contributed by atoms with van der Waals surface area (Å²) >= 11 is 1.16. The van der Waals surface area contributed by atoms with Crippen molar-refractivity contribution in [2.24, 2.45) is 0 Å². The monoisotopic (exact) mass is 209 g/mol. The second-order valence-electron chi connectivity index (χ2n) is 3.45. The molecule has 0 saturated carbocycles. The summed E-state index contributed by atoms with van der Waals surface area (Å²) in [6.45, 7) is 3.86. The van der Waals surface area contributed by atoms with Gasteiger partial charge in [0.25, 0.3) is 5.24 Å². The average molecular weight is 209 g/mol. The second-order valence-corrected chi connectivity index (χ2v) is 4.78. The zero-order chi connectivity index (χ0) is 10.2. The van der Waals surface area contributed by atoms with Crippen LogP contribution in [0.1, 0.15) is 12.8 Å². The third-order valence-corrected chi connectivity index (χ3v) is 3.81. The van der Waals surface area contributed by atoms with Crippen molar-refractivity contribution >= 4 is 22.9 Å². The van der Waals surface area contributed by atoms with Gasteiger partial charge in [0, 0.05) is 6.54 Å². The molecule has 1 spiro atoms. The fraction of sp³-hybridized carbons (Fsp3) is 0.400. The van der Waals surface area contributed by atoms with Crippen molar-refractivity contribution in [2.75, 3.05) is 6.54 Å². The Balaban J connectivity index is 2.22. The van der Waals surface area contributed by atoms with Gasteiger partial charge < -0.3 is 0 Å². The molecule has 1 fully saturated rings. The number of nitrogens with zero attached hydrogens (tertiary/aromatic N) is 1. The van der Waals surface area contributed by atoms with Gasteiger partial charge in [-0.2, -0.15) is 0 Å². The summed E-state index contributed by atoms with van der Waals surface area (Å²) in [6, 6.07) is 0. The molecule has 0 atom stereocenters. The summed E-state index contributed by atoms with van der Waals surface area (Å²) in [5, 5.41) is -0.140. The molecule has 1 heterocycles. The van der Waals surface area contributed by atoms with Gasteiger partial charge >= 0.3 is 0 Å². The Hall–Kier alpha value is -1.03. The van der Waals surface area contributed by atoms with Crippen LogP contribution >= 0.6 is 11.8 Å². The zero-order valence-electron chi connectivity index (χ0n) is 7.73. The number of amides is 2. The van der Waals surface area contributed by atoms with Crippen LogP contribution < -0.4 is 0 Å². The van der Waals surface area contributed by atoms with Gasteiger partial charge in [0.1, 0.15) is 4.75 Å². The minimum absolute atomic E-state index is 0.0580. The molecule has 0 N–H and O–H groups in total. The Morgan fingerprint density at radius 2 is 2.14 bits per heavy atom. The van der Waals surface area contributed by atoms with E-state index in [1.54, 1.807) is 6.08 Å². The van der Waals surface area contributed by atoms with E-state index < -0.39 is 4.75 Å². The molecule has 1 aliphatic carbocycles. The van der Waals surface area contributed by atoms with Crippen molar-refractivity contribution in [2.45, 2.75) is 17.6 Å². The minimum atomic E-state index is -0.514. The van der Waals surface area contributed by atoms with E-state index in [-0.39, 0.29) is 11.1 Å². The van der Waals surface area contributed by atoms with E-state index in [1.807, 2.05) is 12.2 Å². The van der Waals surface area contributed by atoms with Gasteiger partial charge in [-0.1, -0.05) is 18.2 Å². The van der Waals surface area contributed by atoms with Crippen LogP contribution in [-0.4, -0.2) is 27.3 Å². The fourth-order valence-corrected chi connectivity index (χ4v) is 2.93. The van der Waals surface area contributed by atoms with E-state index in [1.165, 1.54) is 4.90 Å². The van der Waals surface area contributed by atoms with Crippen molar-refractivity contribution in [3.8, 4) is 0 Å². The van der Waals surface area contributed by atoms with Gasteiger partial charge in [-0.25, -0.2) is 0 Å². The molecular formula is C10H11NO2S. The average Bonchev–Trinajstić information content (AvgIpc) is 2.69. The largest absolute Gasteiger partial charge is 0.289 e. The third-order valence-electron chi connectivity index (χ3n) is 2.51. The first-order chi connectivity index (χ1) is 6.69. The Morgan fingerprint density at radius 1 is 1.50 bits per heavy atom. The smallest absolute Gasteiger partial charge is 0.273 e. The van der Waals surface area contributed by atoms with Crippen molar-refractivity contribution in [3.63, 3.8) is 0 Å². The number of hydrogen-bond donors (Lipinski definition) is 0. The molecule has 74 valence electrons. The normalized spacial score (nSPS) is 23.9. The first-order valence-corrected chi connectivity index (χ1v) is 5.32. The number of hydrogen-bond acceptors (Lipinski definition) is 3. The van der Waals surface area contributed by atoms with Crippen LogP contribution in [0.25, 0.3) is 0 Å². The Kier molecular flexibility index (Phi) is 2.23. The van der Waals surface area contributed by atoms with Crippen LogP contribution in [0.4, 0.5) is 4.79 Å². The standard InChI is InChI=1S/C10H11NO2S/c1-2-7-11-8(12)10(14-9(11)13)5-3-4-6-10/h2-4H,1,5-7H2. The number of imide groups is 1. The number of thioether (sulfide) groups is 1. The molecule has 4 heteroatoms. The van der Waals surface area contributed by atoms with Gasteiger partial charge in [0.2, 0.25) is 5.91 Å². The highest BCUT2D eigenvalue weighted by Crippen LogP contribution is 2.45. The molecule has 1 aliphatic heterocycles. The van der Waals surface area contributed by atoms with E-state index in [4.69, 9.17) is 0 Å². The number of carbonyl (C=O) groups is 2. The van der Waals surface area contributed by atoms with Crippen molar-refractivity contribution in [1.82, 2.24) is 4.90 Å². The van der Waals surface area contributed by atoms with E-state index >= 15 is 0 Å². The number of allylic oxidation sites excluding steroid dienone is 2. The molecule has 0 bridgehead atoms. The predicted octanol–water partition coefficient (Wildman–Crippen LogP) is 1.96. The lowest BCUT2D eigenvalue weighted by molar-refractivity contribution is -0.128. The number of carbonyl (C=O) groups excluding carboxylic acids is 2. The van der Waals surface area contributed by atoms with Gasteiger partial charge in [0.05, 0.1) is 0 Å². The van der Waals surface area contributed by atoms with Gasteiger partial charge in [-0.3, -0.25) is 14.5 Å². The number of rotatable bonds is 2. The lowest BCUT2D eigenvalue weighted by atomic mass is 10.1. The molecule has 14 heavy (non-hydrogen) atoms. The summed E-state index contributed by atoms with van der Waals surface area (Å²) in [7, 11) is 0. The third kappa shape index (κ3) is 1.21. The van der Waals surface area contributed by atoms with Gasteiger partial charge in [0.15, 0.2) is 0 Å². The van der Waals surface area contributed by atoms with Gasteiger partial charge in [-0.05, 0) is 24.6 Å². The highest BCUT2D eigenvalue weighted by molar-refractivity contribution is 8.16. The van der Waals surface area contributed by atoms with E-state index in [2.05, 4.69) is 6.58 Å². The molecule has 1 saturated heterocycles. The quantitative estimate of drug-likeness (QED) is 0.652. The van der Waals surface area contributed by atoms with Crippen LogP contribution in [0.3, 0.4) is 0 Å². The maximum Gasteiger partial charge on any atom is 0.289 e. The lowest BCUT2D eigenvalue weighted by Crippen LogP contribution is -2.37. The van der Waals surface area contributed by atoms with Crippen LogP contribution in [0, 0.1) is 0 Å². The Bertz CT molecular complexity index is 327. The second kappa shape index (κ2) is 3.28. The minimum Gasteiger partial charge on any atom is -0.273 e. The molecule has 2 rings (SSSR count). The molecule has 0 aromatic carbocycles. The summed E-state index contributed by atoms with van der Waals surface area (Å²) < 4.78 is -0.514. The van der Waals surface area contributed by atoms with E-state index in [9.17, 15) is 9.59 Å². The molecule has 2 aliphatic rings. The SMILES string of the molecule is C=CCN1C(=O)SC2(CC=CC2)C1=O. The van der Waals surface area contributed by atoms with Crippen LogP contribution in [0.15, 0.2) is 24.8 Å². The molecule has 0 unspecified atom stereocenters. The Morgan fingerprint density at radius 3 is 2.71 bits per heavy atom. The van der Waals surface area contributed by atoms with E-state index in [0.717, 1.165) is 11.8 Å². The van der Waals surface area contributed by atoms with Crippen molar-refractivity contribution in [1.29, 1.82) is 0 Å². The Labute approximate surface area is 86.8 Å². The zero-order valence-corrected chi connectivity index (χ0v) is 8.55. The van der Waals surface area contributed by atoms with Crippen LogP contribution in [0.2, 0.25) is 0 Å².